The molecule has 7 nitrogen and oxygen atoms in total. The third kappa shape index (κ3) is 4.03. The molecule has 0 atom stereocenters. The van der Waals surface area contributed by atoms with Crippen LogP contribution in [0.5, 0.6) is 0 Å². The highest BCUT2D eigenvalue weighted by atomic mass is 16.4. The zero-order valence-electron chi connectivity index (χ0n) is 12.5. The van der Waals surface area contributed by atoms with E-state index in [0.717, 1.165) is 31.0 Å². The van der Waals surface area contributed by atoms with Crippen molar-refractivity contribution < 1.29 is 19.8 Å². The summed E-state index contributed by atoms with van der Waals surface area (Å²) in [5, 5.41) is 24.7. The second kappa shape index (κ2) is 7.35. The number of hydrogen-bond acceptors (Lipinski definition) is 7. The summed E-state index contributed by atoms with van der Waals surface area (Å²) in [5.74, 6) is -3.35. The Bertz CT molecular complexity index is 755. The van der Waals surface area contributed by atoms with Crippen LogP contribution in [-0.2, 0) is 16.0 Å². The van der Waals surface area contributed by atoms with Gasteiger partial charge in [-0.2, -0.15) is 0 Å². The molecule has 23 heavy (non-hydrogen) atoms. The smallest absolute Gasteiger partial charge is 0.141 e. The summed E-state index contributed by atoms with van der Waals surface area (Å²) < 4.78 is 0. The zero-order valence-corrected chi connectivity index (χ0v) is 12.5. The Morgan fingerprint density at radius 2 is 1.96 bits per heavy atom. The predicted octanol–water partition coefficient (Wildman–Crippen LogP) is -0.232. The molecule has 0 amide bonds. The summed E-state index contributed by atoms with van der Waals surface area (Å²) in [7, 11) is 0. The van der Waals surface area contributed by atoms with Crippen LogP contribution < -0.4 is 15.5 Å². The van der Waals surface area contributed by atoms with Crippen molar-refractivity contribution in [3.05, 3.63) is 41.9 Å². The molecule has 0 aliphatic carbocycles. The van der Waals surface area contributed by atoms with Crippen LogP contribution >= 0.6 is 0 Å². The van der Waals surface area contributed by atoms with Crippen molar-refractivity contribution in [2.45, 2.75) is 26.2 Å². The summed E-state index contributed by atoms with van der Waals surface area (Å²) in [6.07, 6.45) is 5.12. The normalized spacial score (nSPS) is 10.3. The van der Waals surface area contributed by atoms with Crippen LogP contribution in [-0.4, -0.2) is 21.9 Å². The van der Waals surface area contributed by atoms with Gasteiger partial charge in [-0.05, 0) is 30.5 Å². The van der Waals surface area contributed by atoms with Crippen LogP contribution in [0.15, 0.2) is 36.3 Å². The highest BCUT2D eigenvalue weighted by Crippen LogP contribution is 2.21. The molecule has 0 saturated carbocycles. The lowest BCUT2D eigenvalue weighted by molar-refractivity contribution is -0.312. The van der Waals surface area contributed by atoms with Crippen molar-refractivity contribution in [2.24, 2.45) is 0 Å². The highest BCUT2D eigenvalue weighted by Gasteiger charge is 2.05. The molecular formula is C16H15N3O4-2. The number of unbranched alkanes of at least 4 members (excludes halogenated alkanes) is 1. The second-order valence-corrected chi connectivity index (χ2v) is 4.95. The number of carbonyl (C=O) groups is 2. The summed E-state index contributed by atoms with van der Waals surface area (Å²) in [6.45, 7) is 2.10. The summed E-state index contributed by atoms with van der Waals surface area (Å²) in [6, 6.07) is 5.71. The van der Waals surface area contributed by atoms with Gasteiger partial charge >= 0.3 is 0 Å². The molecule has 1 N–H and O–H groups in total. The second-order valence-electron chi connectivity index (χ2n) is 4.95. The number of aromatic nitrogens is 2. The number of anilines is 1. The van der Waals surface area contributed by atoms with Crippen LogP contribution in [0.4, 0.5) is 5.82 Å². The zero-order chi connectivity index (χ0) is 16.8. The van der Waals surface area contributed by atoms with Crippen molar-refractivity contribution >= 4 is 28.7 Å². The third-order valence-electron chi connectivity index (χ3n) is 3.31. The van der Waals surface area contributed by atoms with E-state index in [1.165, 1.54) is 6.33 Å². The van der Waals surface area contributed by atoms with Gasteiger partial charge in [0.1, 0.15) is 12.1 Å². The maximum Gasteiger partial charge on any atom is 0.141 e. The van der Waals surface area contributed by atoms with Crippen LogP contribution in [0.1, 0.15) is 25.3 Å². The lowest BCUT2D eigenvalue weighted by atomic mass is 10.1. The molecule has 1 aromatic carbocycles. The molecule has 0 aliphatic heterocycles. The van der Waals surface area contributed by atoms with Gasteiger partial charge in [0, 0.05) is 17.2 Å². The number of rotatable bonds is 7. The van der Waals surface area contributed by atoms with E-state index in [-0.39, 0.29) is 0 Å². The standard InChI is InChI=1S/C16H17N3O4/c1-2-3-4-10-5-6-13-11(7-10)14(19-9-18-13)17-8-12(15(20)21)16(22)23/h5-9H,2-4H2,1H3,(H,20,21)(H,22,23)(H,17,18,19)/p-2. The van der Waals surface area contributed by atoms with Crippen molar-refractivity contribution in [1.82, 2.24) is 9.97 Å². The van der Waals surface area contributed by atoms with Crippen LogP contribution in [0.3, 0.4) is 0 Å². The number of carboxylic acid groups (broad SMARTS) is 2. The molecule has 2 rings (SSSR count). The number of fused-ring (bicyclic) bond motifs is 1. The van der Waals surface area contributed by atoms with Gasteiger partial charge in [-0.3, -0.25) is 0 Å². The van der Waals surface area contributed by atoms with E-state index in [2.05, 4.69) is 22.2 Å². The number of aryl methyl sites for hydroxylation is 1. The van der Waals surface area contributed by atoms with Crippen LogP contribution in [0, 0.1) is 0 Å². The Balaban J connectivity index is 2.37. The molecule has 0 bridgehead atoms. The maximum absolute atomic E-state index is 10.7. The summed E-state index contributed by atoms with van der Waals surface area (Å²) >= 11 is 0. The van der Waals surface area contributed by atoms with E-state index >= 15 is 0 Å². The number of nitrogens with zero attached hydrogens (tertiary/aromatic N) is 2. The monoisotopic (exact) mass is 313 g/mol. The Kier molecular flexibility index (Phi) is 5.24. The summed E-state index contributed by atoms with van der Waals surface area (Å²) in [4.78, 5) is 29.6. The summed E-state index contributed by atoms with van der Waals surface area (Å²) in [5.41, 5.74) is 0.778. The van der Waals surface area contributed by atoms with E-state index in [4.69, 9.17) is 0 Å². The molecule has 1 heterocycles. The minimum Gasteiger partial charge on any atom is -0.545 e. The van der Waals surface area contributed by atoms with E-state index in [1.54, 1.807) is 0 Å². The van der Waals surface area contributed by atoms with Gasteiger partial charge in [-0.25, -0.2) is 9.97 Å². The van der Waals surface area contributed by atoms with E-state index < -0.39 is 17.5 Å². The Labute approximate surface area is 132 Å². The minimum absolute atomic E-state index is 0.313. The van der Waals surface area contributed by atoms with Gasteiger partial charge in [0.05, 0.1) is 17.5 Å². The fourth-order valence-corrected chi connectivity index (χ4v) is 2.10. The average Bonchev–Trinajstić information content (AvgIpc) is 2.52. The molecule has 0 radical (unpaired) electrons. The van der Waals surface area contributed by atoms with Crippen molar-refractivity contribution in [3.8, 4) is 0 Å². The quantitative estimate of drug-likeness (QED) is 0.426. The molecule has 0 saturated heterocycles. The maximum atomic E-state index is 10.7. The van der Waals surface area contributed by atoms with Gasteiger partial charge in [-0.15, -0.1) is 0 Å². The predicted molar refractivity (Wildman–Crippen MR) is 79.9 cm³/mol. The Morgan fingerprint density at radius 1 is 1.22 bits per heavy atom. The molecule has 2 aromatic rings. The van der Waals surface area contributed by atoms with Crippen LogP contribution in [0.25, 0.3) is 10.9 Å². The minimum atomic E-state index is -1.83. The Hall–Kier alpha value is -2.96. The number of nitrogens with one attached hydrogen (secondary N) is 1. The first-order chi connectivity index (χ1) is 11.0. The van der Waals surface area contributed by atoms with Crippen molar-refractivity contribution in [3.63, 3.8) is 0 Å². The number of hydrogen-bond donors (Lipinski definition) is 1. The largest absolute Gasteiger partial charge is 0.545 e. The lowest BCUT2D eigenvalue weighted by Gasteiger charge is -2.11. The van der Waals surface area contributed by atoms with Crippen molar-refractivity contribution in [1.29, 1.82) is 0 Å². The lowest BCUT2D eigenvalue weighted by Crippen LogP contribution is -2.36. The number of carbonyl (C=O) groups excluding carboxylic acids is 2. The SMILES string of the molecule is CCCCc1ccc2ncnc(NC=C(C(=O)[O-])C(=O)[O-])c2c1. The van der Waals surface area contributed by atoms with E-state index in [0.29, 0.717) is 16.7 Å². The van der Waals surface area contributed by atoms with E-state index in [9.17, 15) is 19.8 Å². The molecule has 0 aliphatic rings. The van der Waals surface area contributed by atoms with Gasteiger partial charge in [-0.1, -0.05) is 19.4 Å². The fraction of sp³-hybridized carbons (Fsp3) is 0.250. The topological polar surface area (TPSA) is 118 Å². The molecule has 1 aromatic heterocycles. The number of aliphatic carboxylic acids is 2. The van der Waals surface area contributed by atoms with Gasteiger partial charge in [0.25, 0.3) is 0 Å². The first kappa shape index (κ1) is 16.4. The van der Waals surface area contributed by atoms with Gasteiger partial charge in [0.15, 0.2) is 0 Å². The number of benzene rings is 1. The first-order valence-corrected chi connectivity index (χ1v) is 7.16. The molecule has 120 valence electrons. The van der Waals surface area contributed by atoms with Gasteiger partial charge < -0.3 is 25.1 Å². The van der Waals surface area contributed by atoms with Crippen LogP contribution in [0.2, 0.25) is 0 Å². The molecule has 0 unspecified atom stereocenters. The Morgan fingerprint density at radius 3 is 2.61 bits per heavy atom. The molecule has 7 heteroatoms. The third-order valence-corrected chi connectivity index (χ3v) is 3.31. The van der Waals surface area contributed by atoms with Crippen molar-refractivity contribution in [2.75, 3.05) is 5.32 Å². The molecule has 0 fully saturated rings. The number of carboxylic acids is 2. The molecule has 0 spiro atoms. The highest BCUT2D eigenvalue weighted by molar-refractivity contribution is 6.11. The fourth-order valence-electron chi connectivity index (χ4n) is 2.10. The average molecular weight is 313 g/mol. The van der Waals surface area contributed by atoms with E-state index in [1.807, 2.05) is 18.2 Å². The van der Waals surface area contributed by atoms with Gasteiger partial charge in [0.2, 0.25) is 0 Å². The first-order valence-electron chi connectivity index (χ1n) is 7.16. The molecular weight excluding hydrogens is 298 g/mol.